The van der Waals surface area contributed by atoms with Gasteiger partial charge in [0.15, 0.2) is 5.69 Å². The molecule has 1 saturated heterocycles. The maximum absolute atomic E-state index is 13.4. The van der Waals surface area contributed by atoms with Gasteiger partial charge in [-0.15, -0.1) is 0 Å². The number of morpholine rings is 1. The van der Waals surface area contributed by atoms with Gasteiger partial charge in [0.05, 0.1) is 24.6 Å². The molecule has 5 rings (SSSR count). The highest BCUT2D eigenvalue weighted by molar-refractivity contribution is 5.96. The molecule has 3 aromatic rings. The van der Waals surface area contributed by atoms with Crippen molar-refractivity contribution in [2.24, 2.45) is 0 Å². The Hall–Kier alpha value is -3.22. The molecule has 176 valence electrons. The number of aromatic nitrogens is 2. The van der Waals surface area contributed by atoms with E-state index in [1.807, 2.05) is 21.8 Å². The van der Waals surface area contributed by atoms with Crippen molar-refractivity contribution in [3.05, 3.63) is 82.2 Å². The number of allylic oxidation sites excluding steroid dienone is 1. The molecule has 1 aromatic heterocycles. The molecule has 2 aliphatic rings. The van der Waals surface area contributed by atoms with Gasteiger partial charge in [-0.3, -0.25) is 10.2 Å². The van der Waals surface area contributed by atoms with Crippen molar-refractivity contribution < 1.29 is 9.53 Å². The number of aryl methyl sites for hydroxylation is 2. The van der Waals surface area contributed by atoms with Crippen LogP contribution in [0.5, 0.6) is 0 Å². The second-order valence-electron chi connectivity index (χ2n) is 9.20. The first-order chi connectivity index (χ1) is 16.6. The van der Waals surface area contributed by atoms with Crippen LogP contribution in [0.15, 0.2) is 48.5 Å². The Kier molecular flexibility index (Phi) is 6.61. The minimum Gasteiger partial charge on any atom is -0.379 e. The number of amides is 1. The molecule has 0 unspecified atom stereocenters. The number of nitrogens with one attached hydrogen (secondary N) is 1. The van der Waals surface area contributed by atoms with Gasteiger partial charge in [0.2, 0.25) is 0 Å². The predicted octanol–water partition coefficient (Wildman–Crippen LogP) is 4.73. The summed E-state index contributed by atoms with van der Waals surface area (Å²) in [6.07, 6.45) is 6.20. The van der Waals surface area contributed by atoms with Gasteiger partial charge >= 0.3 is 0 Å². The lowest BCUT2D eigenvalue weighted by Crippen LogP contribution is -2.48. The van der Waals surface area contributed by atoms with Gasteiger partial charge in [0.25, 0.3) is 5.91 Å². The summed E-state index contributed by atoms with van der Waals surface area (Å²) in [5.74, 6) is -0.137. The highest BCUT2D eigenvalue weighted by atomic mass is 16.5. The van der Waals surface area contributed by atoms with E-state index in [4.69, 9.17) is 9.84 Å². The van der Waals surface area contributed by atoms with Crippen molar-refractivity contribution >= 4 is 17.6 Å². The van der Waals surface area contributed by atoms with E-state index in [-0.39, 0.29) is 5.91 Å². The van der Waals surface area contributed by atoms with Crippen molar-refractivity contribution in [1.82, 2.24) is 20.2 Å². The summed E-state index contributed by atoms with van der Waals surface area (Å²) in [5, 5.41) is 6.88. The molecule has 0 atom stereocenters. The third kappa shape index (κ3) is 4.69. The van der Waals surface area contributed by atoms with Crippen molar-refractivity contribution in [3.8, 4) is 5.69 Å². The lowest BCUT2D eigenvalue weighted by atomic mass is 10.0. The number of hydrazine groups is 1. The second kappa shape index (κ2) is 9.95. The number of rotatable bonds is 4. The van der Waals surface area contributed by atoms with Crippen LogP contribution in [0.1, 0.15) is 57.7 Å². The average molecular weight is 457 g/mol. The van der Waals surface area contributed by atoms with Crippen LogP contribution in [0, 0.1) is 13.8 Å². The van der Waals surface area contributed by atoms with Gasteiger partial charge in [0.1, 0.15) is 0 Å². The predicted molar refractivity (Wildman–Crippen MR) is 135 cm³/mol. The number of ether oxygens (including phenoxy) is 1. The molecule has 1 aliphatic carbocycles. The molecule has 1 amide bonds. The lowest BCUT2D eigenvalue weighted by molar-refractivity contribution is 0.0124. The van der Waals surface area contributed by atoms with Gasteiger partial charge in [-0.25, -0.2) is 9.69 Å². The Morgan fingerprint density at radius 1 is 1.00 bits per heavy atom. The van der Waals surface area contributed by atoms with E-state index in [0.29, 0.717) is 32.0 Å². The number of carbonyl (C=O) groups excluding carboxylic acids is 1. The summed E-state index contributed by atoms with van der Waals surface area (Å²) in [6.45, 7) is 6.82. The number of para-hydroxylation sites is 1. The Bertz CT molecular complexity index is 1200. The van der Waals surface area contributed by atoms with Crippen LogP contribution in [-0.2, 0) is 11.2 Å². The smallest absolute Gasteiger partial charge is 0.286 e. The van der Waals surface area contributed by atoms with Crippen molar-refractivity contribution in [3.63, 3.8) is 0 Å². The fraction of sp³-hybridized carbons (Fsp3) is 0.357. The molecule has 0 radical (unpaired) electrons. The van der Waals surface area contributed by atoms with Crippen molar-refractivity contribution in [1.29, 1.82) is 0 Å². The zero-order valence-electron chi connectivity index (χ0n) is 20.0. The zero-order valence-corrected chi connectivity index (χ0v) is 20.0. The molecule has 34 heavy (non-hydrogen) atoms. The maximum Gasteiger partial charge on any atom is 0.286 e. The second-order valence-corrected chi connectivity index (χ2v) is 9.20. The van der Waals surface area contributed by atoms with Crippen LogP contribution < -0.4 is 5.43 Å². The minimum absolute atomic E-state index is 0.137. The summed E-state index contributed by atoms with van der Waals surface area (Å²) in [5.41, 5.74) is 11.5. The van der Waals surface area contributed by atoms with Crippen LogP contribution >= 0.6 is 0 Å². The number of benzene rings is 2. The van der Waals surface area contributed by atoms with Crippen LogP contribution in [-0.4, -0.2) is 47.0 Å². The van der Waals surface area contributed by atoms with E-state index in [9.17, 15) is 4.79 Å². The first-order valence-electron chi connectivity index (χ1n) is 12.2. The SMILES string of the molecule is Cc1ccc(/C=C2\CCCCc3c(C(=O)NN4CCOCC4)nn(-c4ccccc4C)c32)cc1. The molecular weight excluding hydrogens is 424 g/mol. The molecule has 2 heterocycles. The summed E-state index contributed by atoms with van der Waals surface area (Å²) in [7, 11) is 0. The van der Waals surface area contributed by atoms with Crippen LogP contribution in [0.4, 0.5) is 0 Å². The number of hydrogen-bond donors (Lipinski definition) is 1. The first kappa shape index (κ1) is 22.6. The summed E-state index contributed by atoms with van der Waals surface area (Å²) in [6, 6.07) is 16.9. The standard InChI is InChI=1S/C28H32N4O2/c1-20-11-13-22(14-12-20)19-23-8-4-5-9-24-26(28(33)30-31-15-17-34-18-16-31)29-32(27(23)24)25-10-6-3-7-21(25)2/h3,6-7,10-14,19H,4-5,8-9,15-18H2,1-2H3,(H,30,33)/b23-19+. The van der Waals surface area contributed by atoms with E-state index < -0.39 is 0 Å². The normalized spacial score (nSPS) is 17.9. The summed E-state index contributed by atoms with van der Waals surface area (Å²) in [4.78, 5) is 13.4. The van der Waals surface area contributed by atoms with Gasteiger partial charge < -0.3 is 4.74 Å². The van der Waals surface area contributed by atoms with E-state index in [2.05, 4.69) is 61.7 Å². The fourth-order valence-electron chi connectivity index (χ4n) is 4.79. The maximum atomic E-state index is 13.4. The number of fused-ring (bicyclic) bond motifs is 1. The quantitative estimate of drug-likeness (QED) is 0.577. The number of carbonyl (C=O) groups is 1. The van der Waals surface area contributed by atoms with E-state index in [0.717, 1.165) is 48.2 Å². The Labute approximate surface area is 201 Å². The highest BCUT2D eigenvalue weighted by Crippen LogP contribution is 2.35. The molecule has 6 nitrogen and oxygen atoms in total. The van der Waals surface area contributed by atoms with Crippen LogP contribution in [0.25, 0.3) is 17.3 Å². The fourth-order valence-corrected chi connectivity index (χ4v) is 4.79. The zero-order chi connectivity index (χ0) is 23.5. The summed E-state index contributed by atoms with van der Waals surface area (Å²) >= 11 is 0. The molecule has 0 spiro atoms. The first-order valence-corrected chi connectivity index (χ1v) is 12.2. The summed E-state index contributed by atoms with van der Waals surface area (Å²) < 4.78 is 7.43. The molecule has 0 saturated carbocycles. The molecule has 1 N–H and O–H groups in total. The van der Waals surface area contributed by atoms with Gasteiger partial charge in [-0.1, -0.05) is 48.0 Å². The van der Waals surface area contributed by atoms with Crippen molar-refractivity contribution in [2.75, 3.05) is 26.3 Å². The third-order valence-electron chi connectivity index (χ3n) is 6.66. The van der Waals surface area contributed by atoms with Crippen LogP contribution in [0.2, 0.25) is 0 Å². The van der Waals surface area contributed by atoms with E-state index in [1.165, 1.54) is 16.7 Å². The number of nitrogens with zero attached hydrogens (tertiary/aromatic N) is 3. The molecule has 2 aromatic carbocycles. The molecular formula is C28H32N4O2. The largest absolute Gasteiger partial charge is 0.379 e. The van der Waals surface area contributed by atoms with Gasteiger partial charge in [0, 0.05) is 18.7 Å². The topological polar surface area (TPSA) is 59.4 Å². The number of hydrogen-bond acceptors (Lipinski definition) is 4. The Balaban J connectivity index is 1.63. The lowest BCUT2D eigenvalue weighted by Gasteiger charge is -2.26. The molecule has 6 heteroatoms. The molecule has 1 aliphatic heterocycles. The Morgan fingerprint density at radius 2 is 1.74 bits per heavy atom. The third-order valence-corrected chi connectivity index (χ3v) is 6.66. The van der Waals surface area contributed by atoms with Gasteiger partial charge in [-0.2, -0.15) is 5.10 Å². The van der Waals surface area contributed by atoms with E-state index in [1.54, 1.807) is 0 Å². The molecule has 1 fully saturated rings. The average Bonchev–Trinajstić information content (AvgIpc) is 3.10. The van der Waals surface area contributed by atoms with E-state index >= 15 is 0 Å². The minimum atomic E-state index is -0.137. The van der Waals surface area contributed by atoms with Crippen LogP contribution in [0.3, 0.4) is 0 Å². The highest BCUT2D eigenvalue weighted by Gasteiger charge is 2.28. The Morgan fingerprint density at radius 3 is 2.50 bits per heavy atom. The van der Waals surface area contributed by atoms with Gasteiger partial charge in [-0.05, 0) is 68.4 Å². The molecule has 0 bridgehead atoms. The monoisotopic (exact) mass is 456 g/mol. The van der Waals surface area contributed by atoms with Crippen molar-refractivity contribution in [2.45, 2.75) is 39.5 Å².